The minimum Gasteiger partial charge on any atom is -0.493 e. The van der Waals surface area contributed by atoms with Crippen LogP contribution in [0.15, 0.2) is 24.4 Å². The third-order valence-electron chi connectivity index (χ3n) is 4.26. The van der Waals surface area contributed by atoms with Gasteiger partial charge in [-0.15, -0.1) is 5.10 Å². The van der Waals surface area contributed by atoms with Crippen LogP contribution in [0.1, 0.15) is 5.56 Å². The predicted molar refractivity (Wildman–Crippen MR) is 96.4 cm³/mol. The summed E-state index contributed by atoms with van der Waals surface area (Å²) >= 11 is 0. The van der Waals surface area contributed by atoms with Crippen LogP contribution >= 0.6 is 0 Å². The zero-order valence-electron chi connectivity index (χ0n) is 14.9. The first kappa shape index (κ1) is 17.2. The maximum atomic E-state index is 5.33. The lowest BCUT2D eigenvalue weighted by Gasteiger charge is -2.32. The highest BCUT2D eigenvalue weighted by Gasteiger charge is 2.17. The lowest BCUT2D eigenvalue weighted by Crippen LogP contribution is -2.45. The third-order valence-corrected chi connectivity index (χ3v) is 4.26. The van der Waals surface area contributed by atoms with Crippen LogP contribution in [0, 0.1) is 0 Å². The van der Waals surface area contributed by atoms with Gasteiger partial charge in [0.1, 0.15) is 0 Å². The molecule has 1 N–H and O–H groups in total. The Hall–Kier alpha value is -2.61. The zero-order chi connectivity index (χ0) is 17.6. The number of hydrogen-bond donors (Lipinski definition) is 1. The van der Waals surface area contributed by atoms with Gasteiger partial charge in [-0.3, -0.25) is 0 Å². The monoisotopic (exact) mass is 344 g/mol. The van der Waals surface area contributed by atoms with Gasteiger partial charge in [0.2, 0.25) is 5.95 Å². The quantitative estimate of drug-likeness (QED) is 0.839. The molecule has 8 nitrogen and oxygen atoms in total. The number of nitrogens with one attached hydrogen (secondary N) is 1. The van der Waals surface area contributed by atoms with Crippen LogP contribution in [0.25, 0.3) is 0 Å². The van der Waals surface area contributed by atoms with Crippen molar-refractivity contribution >= 4 is 11.8 Å². The van der Waals surface area contributed by atoms with E-state index in [1.807, 2.05) is 18.2 Å². The first-order chi connectivity index (χ1) is 12.2. The molecule has 134 valence electrons. The molecule has 0 saturated carbocycles. The number of likely N-dealkylation sites (N-methyl/N-ethyl adjacent to an activating group) is 1. The van der Waals surface area contributed by atoms with Crippen molar-refractivity contribution in [3.63, 3.8) is 0 Å². The predicted octanol–water partition coefficient (Wildman–Crippen LogP) is 1.25. The molecule has 0 radical (unpaired) electrons. The van der Waals surface area contributed by atoms with Crippen molar-refractivity contribution in [3.05, 3.63) is 30.0 Å². The number of nitrogens with zero attached hydrogens (tertiary/aromatic N) is 5. The number of rotatable bonds is 6. The first-order valence-electron chi connectivity index (χ1n) is 8.27. The molecule has 2 aromatic rings. The number of piperazine rings is 1. The van der Waals surface area contributed by atoms with Crippen LogP contribution < -0.4 is 19.7 Å². The second kappa shape index (κ2) is 7.98. The van der Waals surface area contributed by atoms with Gasteiger partial charge in [-0.05, 0) is 24.7 Å². The van der Waals surface area contributed by atoms with Crippen molar-refractivity contribution in [2.45, 2.75) is 6.54 Å². The van der Waals surface area contributed by atoms with Crippen molar-refractivity contribution < 1.29 is 9.47 Å². The largest absolute Gasteiger partial charge is 0.493 e. The number of hydrogen-bond acceptors (Lipinski definition) is 8. The second-order valence-corrected chi connectivity index (χ2v) is 5.97. The molecule has 1 aliphatic rings. The van der Waals surface area contributed by atoms with Crippen LogP contribution in [0.3, 0.4) is 0 Å². The number of ether oxygens (including phenoxy) is 2. The smallest absolute Gasteiger partial charge is 0.247 e. The Labute approximate surface area is 147 Å². The van der Waals surface area contributed by atoms with Gasteiger partial charge in [0.15, 0.2) is 17.3 Å². The van der Waals surface area contributed by atoms with Crippen molar-refractivity contribution in [2.75, 3.05) is 57.7 Å². The minimum atomic E-state index is 0.612. The highest BCUT2D eigenvalue weighted by atomic mass is 16.5. The van der Waals surface area contributed by atoms with Gasteiger partial charge < -0.3 is 24.6 Å². The number of anilines is 2. The molecule has 0 bridgehead atoms. The van der Waals surface area contributed by atoms with Crippen molar-refractivity contribution in [2.24, 2.45) is 0 Å². The van der Waals surface area contributed by atoms with E-state index < -0.39 is 0 Å². The van der Waals surface area contributed by atoms with Crippen molar-refractivity contribution in [1.29, 1.82) is 0 Å². The molecular weight excluding hydrogens is 320 g/mol. The maximum Gasteiger partial charge on any atom is 0.247 e. The van der Waals surface area contributed by atoms with Crippen LogP contribution in [-0.4, -0.2) is 67.5 Å². The Kier molecular flexibility index (Phi) is 5.49. The molecule has 3 rings (SSSR count). The van der Waals surface area contributed by atoms with Gasteiger partial charge in [-0.2, -0.15) is 10.1 Å². The molecule has 25 heavy (non-hydrogen) atoms. The number of benzene rings is 1. The average Bonchev–Trinajstić information content (AvgIpc) is 2.67. The fourth-order valence-corrected chi connectivity index (χ4v) is 2.70. The van der Waals surface area contributed by atoms with Gasteiger partial charge in [-0.1, -0.05) is 6.07 Å². The van der Waals surface area contributed by atoms with Crippen LogP contribution in [0.4, 0.5) is 11.8 Å². The summed E-state index contributed by atoms with van der Waals surface area (Å²) < 4.78 is 10.6. The lowest BCUT2D eigenvalue weighted by atomic mass is 10.2. The van der Waals surface area contributed by atoms with Gasteiger partial charge >= 0.3 is 0 Å². The van der Waals surface area contributed by atoms with E-state index in [1.165, 1.54) is 0 Å². The summed E-state index contributed by atoms with van der Waals surface area (Å²) in [4.78, 5) is 9.04. The molecule has 1 aliphatic heterocycles. The molecule has 1 aromatic heterocycles. The lowest BCUT2D eigenvalue weighted by molar-refractivity contribution is 0.311. The Bertz CT molecular complexity index is 703. The fraction of sp³-hybridized carbons (Fsp3) is 0.471. The summed E-state index contributed by atoms with van der Waals surface area (Å²) in [6, 6.07) is 5.83. The molecule has 0 unspecified atom stereocenters. The summed E-state index contributed by atoms with van der Waals surface area (Å²) in [6.07, 6.45) is 1.64. The molecule has 0 aliphatic carbocycles. The van der Waals surface area contributed by atoms with Crippen LogP contribution in [0.2, 0.25) is 0 Å². The molecule has 1 saturated heterocycles. The van der Waals surface area contributed by atoms with E-state index in [4.69, 9.17) is 9.47 Å². The van der Waals surface area contributed by atoms with E-state index in [2.05, 4.69) is 37.3 Å². The molecule has 2 heterocycles. The van der Waals surface area contributed by atoms with Crippen molar-refractivity contribution in [1.82, 2.24) is 20.1 Å². The van der Waals surface area contributed by atoms with E-state index in [0.29, 0.717) is 29.8 Å². The fourth-order valence-electron chi connectivity index (χ4n) is 2.70. The molecule has 0 atom stereocenters. The Morgan fingerprint density at radius 3 is 2.56 bits per heavy atom. The number of methoxy groups -OCH3 is 2. The zero-order valence-corrected chi connectivity index (χ0v) is 14.9. The Morgan fingerprint density at radius 2 is 1.84 bits per heavy atom. The minimum absolute atomic E-state index is 0.612. The molecule has 8 heteroatoms. The Morgan fingerprint density at radius 1 is 1.08 bits per heavy atom. The van der Waals surface area contributed by atoms with E-state index in [-0.39, 0.29) is 0 Å². The first-order valence-corrected chi connectivity index (χ1v) is 8.27. The molecule has 1 aromatic carbocycles. The van der Waals surface area contributed by atoms with E-state index in [1.54, 1.807) is 20.4 Å². The summed E-state index contributed by atoms with van der Waals surface area (Å²) in [5.74, 6) is 2.80. The highest BCUT2D eigenvalue weighted by Crippen LogP contribution is 2.27. The van der Waals surface area contributed by atoms with Crippen molar-refractivity contribution in [3.8, 4) is 11.5 Å². The van der Waals surface area contributed by atoms with Crippen LogP contribution in [-0.2, 0) is 6.54 Å². The van der Waals surface area contributed by atoms with Gasteiger partial charge in [-0.25, -0.2) is 0 Å². The average molecular weight is 344 g/mol. The molecule has 0 amide bonds. The second-order valence-electron chi connectivity index (χ2n) is 5.97. The van der Waals surface area contributed by atoms with E-state index in [9.17, 15) is 0 Å². The van der Waals surface area contributed by atoms with Crippen LogP contribution in [0.5, 0.6) is 11.5 Å². The topological polar surface area (TPSA) is 75.6 Å². The number of aromatic nitrogens is 3. The summed E-state index contributed by atoms with van der Waals surface area (Å²) in [7, 11) is 5.38. The summed E-state index contributed by atoms with van der Waals surface area (Å²) in [6.45, 7) is 4.45. The molecule has 1 fully saturated rings. The molecule has 0 spiro atoms. The van der Waals surface area contributed by atoms with Gasteiger partial charge in [0, 0.05) is 32.7 Å². The van der Waals surface area contributed by atoms with Gasteiger partial charge in [0.25, 0.3) is 0 Å². The highest BCUT2D eigenvalue weighted by molar-refractivity contribution is 5.45. The third kappa shape index (κ3) is 4.27. The summed E-state index contributed by atoms with van der Waals surface area (Å²) in [5.41, 5.74) is 1.07. The Balaban J connectivity index is 1.64. The summed E-state index contributed by atoms with van der Waals surface area (Å²) in [5, 5.41) is 11.5. The normalized spacial score (nSPS) is 15.1. The maximum absolute atomic E-state index is 5.33. The standard InChI is InChI=1S/C17H24N6O2/c1-22-6-8-23(9-7-22)17-20-16(12-19-21-17)18-11-13-4-5-14(24-2)15(10-13)25-3/h4-5,10,12H,6-9,11H2,1-3H3,(H,18,20,21). The molecular formula is C17H24N6O2. The van der Waals surface area contributed by atoms with E-state index >= 15 is 0 Å². The van der Waals surface area contributed by atoms with E-state index in [0.717, 1.165) is 31.7 Å². The SMILES string of the molecule is COc1ccc(CNc2cnnc(N3CCN(C)CC3)n2)cc1OC. The van der Waals surface area contributed by atoms with Gasteiger partial charge in [0.05, 0.1) is 20.4 Å².